The quantitative estimate of drug-likeness (QED) is 0.498. The van der Waals surface area contributed by atoms with E-state index in [1.807, 2.05) is 59.5 Å². The van der Waals surface area contributed by atoms with Gasteiger partial charge >= 0.3 is 0 Å². The zero-order valence-corrected chi connectivity index (χ0v) is 16.3. The van der Waals surface area contributed by atoms with E-state index >= 15 is 0 Å². The molecule has 3 aromatic rings. The maximum Gasteiger partial charge on any atom is 0.254 e. The number of hydrogen-bond donors (Lipinski definition) is 1. The minimum absolute atomic E-state index is 0.133. The van der Waals surface area contributed by atoms with Crippen molar-refractivity contribution in [1.29, 1.82) is 0 Å². The van der Waals surface area contributed by atoms with Crippen LogP contribution in [0.25, 0.3) is 11.1 Å². The largest absolute Gasteiger partial charge is 0.339 e. The summed E-state index contributed by atoms with van der Waals surface area (Å²) in [5.41, 5.74) is 9.93. The van der Waals surface area contributed by atoms with Gasteiger partial charge in [0, 0.05) is 35.3 Å². The number of amides is 1. The van der Waals surface area contributed by atoms with E-state index in [2.05, 4.69) is 23.6 Å². The lowest BCUT2D eigenvalue weighted by Crippen LogP contribution is -2.35. The molecule has 1 heterocycles. The van der Waals surface area contributed by atoms with Crippen LogP contribution in [0.5, 0.6) is 0 Å². The van der Waals surface area contributed by atoms with E-state index in [4.69, 9.17) is 5.10 Å². The Hall–Kier alpha value is -3.40. The van der Waals surface area contributed by atoms with Crippen molar-refractivity contribution in [3.63, 3.8) is 0 Å². The molecule has 5 rings (SSSR count). The molecular formula is C25H23N3O. The number of piperidine rings is 1. The molecule has 1 N–H and O–H groups in total. The van der Waals surface area contributed by atoms with Gasteiger partial charge in [0.25, 0.3) is 5.91 Å². The second-order valence-electron chi connectivity index (χ2n) is 7.56. The van der Waals surface area contributed by atoms with Gasteiger partial charge in [-0.25, -0.2) is 0 Å². The number of para-hydroxylation sites is 1. The molecule has 144 valence electrons. The molecule has 1 amide bonds. The Morgan fingerprint density at radius 2 is 1.45 bits per heavy atom. The summed E-state index contributed by atoms with van der Waals surface area (Å²) in [5.74, 6) is 0.133. The summed E-state index contributed by atoms with van der Waals surface area (Å²) in [5, 5.41) is 4.73. The first-order valence-electron chi connectivity index (χ1n) is 10.2. The molecule has 1 fully saturated rings. The second kappa shape index (κ2) is 7.55. The first-order valence-corrected chi connectivity index (χ1v) is 10.2. The Morgan fingerprint density at radius 1 is 0.759 bits per heavy atom. The highest BCUT2D eigenvalue weighted by Gasteiger charge is 2.30. The zero-order valence-electron chi connectivity index (χ0n) is 16.3. The first-order chi connectivity index (χ1) is 14.3. The summed E-state index contributed by atoms with van der Waals surface area (Å²) in [6.45, 7) is 1.70. The predicted molar refractivity (Wildman–Crippen MR) is 117 cm³/mol. The third-order valence-corrected chi connectivity index (χ3v) is 5.72. The maximum absolute atomic E-state index is 13.3. The van der Waals surface area contributed by atoms with Crippen molar-refractivity contribution >= 4 is 17.3 Å². The number of anilines is 1. The number of hydrogen-bond acceptors (Lipinski definition) is 3. The van der Waals surface area contributed by atoms with Crippen LogP contribution >= 0.6 is 0 Å². The smallest absolute Gasteiger partial charge is 0.254 e. The van der Waals surface area contributed by atoms with Crippen molar-refractivity contribution in [3.05, 3.63) is 89.5 Å². The fourth-order valence-electron chi connectivity index (χ4n) is 4.29. The van der Waals surface area contributed by atoms with Gasteiger partial charge in [0.2, 0.25) is 0 Å². The summed E-state index contributed by atoms with van der Waals surface area (Å²) in [4.78, 5) is 15.3. The molecule has 1 aliphatic heterocycles. The molecule has 0 spiro atoms. The Morgan fingerprint density at radius 3 is 2.24 bits per heavy atom. The molecular weight excluding hydrogens is 358 g/mol. The van der Waals surface area contributed by atoms with Crippen molar-refractivity contribution < 1.29 is 4.79 Å². The van der Waals surface area contributed by atoms with E-state index in [9.17, 15) is 4.79 Å². The number of carbonyl (C=O) groups is 1. The van der Waals surface area contributed by atoms with Crippen LogP contribution in [0.15, 0.2) is 77.9 Å². The minimum atomic E-state index is 0.133. The molecule has 0 bridgehead atoms. The van der Waals surface area contributed by atoms with Crippen molar-refractivity contribution in [2.75, 3.05) is 18.5 Å². The van der Waals surface area contributed by atoms with Gasteiger partial charge in [-0.1, -0.05) is 54.6 Å². The molecule has 4 heteroatoms. The Labute approximate surface area is 170 Å². The average Bonchev–Trinajstić information content (AvgIpc) is 3.12. The number of fused-ring (bicyclic) bond motifs is 3. The highest BCUT2D eigenvalue weighted by Crippen LogP contribution is 2.40. The molecule has 0 radical (unpaired) electrons. The number of nitrogens with zero attached hydrogens (tertiary/aromatic N) is 2. The Kier molecular flexibility index (Phi) is 4.60. The van der Waals surface area contributed by atoms with Crippen LogP contribution < -0.4 is 5.43 Å². The number of carbonyl (C=O) groups excluding carboxylic acids is 1. The number of nitrogens with one attached hydrogen (secondary N) is 1. The molecule has 1 aliphatic carbocycles. The predicted octanol–water partition coefficient (Wildman–Crippen LogP) is 5.16. The van der Waals surface area contributed by atoms with Gasteiger partial charge in [-0.15, -0.1) is 0 Å². The summed E-state index contributed by atoms with van der Waals surface area (Å²) in [7, 11) is 0. The molecule has 3 aromatic carbocycles. The van der Waals surface area contributed by atoms with E-state index in [0.29, 0.717) is 0 Å². The molecule has 0 unspecified atom stereocenters. The van der Waals surface area contributed by atoms with Crippen molar-refractivity contribution in [3.8, 4) is 11.1 Å². The Balaban J connectivity index is 1.59. The van der Waals surface area contributed by atoms with Gasteiger partial charge in [-0.2, -0.15) is 5.10 Å². The second-order valence-corrected chi connectivity index (χ2v) is 7.56. The lowest BCUT2D eigenvalue weighted by molar-refractivity contribution is 0.0725. The molecule has 2 aliphatic rings. The lowest BCUT2D eigenvalue weighted by Gasteiger charge is -2.27. The van der Waals surface area contributed by atoms with E-state index in [1.54, 1.807) is 0 Å². The van der Waals surface area contributed by atoms with Gasteiger partial charge < -0.3 is 4.90 Å². The van der Waals surface area contributed by atoms with Crippen molar-refractivity contribution in [2.45, 2.75) is 19.3 Å². The normalized spacial score (nSPS) is 16.4. The van der Waals surface area contributed by atoms with E-state index in [0.717, 1.165) is 65.1 Å². The summed E-state index contributed by atoms with van der Waals surface area (Å²) in [6.07, 6.45) is 3.39. The maximum atomic E-state index is 13.3. The van der Waals surface area contributed by atoms with Crippen LogP contribution in [0, 0.1) is 0 Å². The molecule has 0 atom stereocenters. The molecule has 0 saturated carbocycles. The minimum Gasteiger partial charge on any atom is -0.339 e. The summed E-state index contributed by atoms with van der Waals surface area (Å²) >= 11 is 0. The van der Waals surface area contributed by atoms with E-state index in [-0.39, 0.29) is 5.91 Å². The van der Waals surface area contributed by atoms with Crippen LogP contribution in [0.2, 0.25) is 0 Å². The standard InChI is InChI=1S/C25H23N3O/c29-25(28-16-7-2-8-17-28)22-15-9-14-21-23(22)19-12-5-6-13-20(19)24(21)27-26-18-10-3-1-4-11-18/h1,3-6,9-15,26H,2,7-8,16-17H2. The molecule has 0 aromatic heterocycles. The lowest BCUT2D eigenvalue weighted by atomic mass is 9.98. The third-order valence-electron chi connectivity index (χ3n) is 5.72. The van der Waals surface area contributed by atoms with Crippen molar-refractivity contribution in [1.82, 2.24) is 4.90 Å². The molecule has 4 nitrogen and oxygen atoms in total. The van der Waals surface area contributed by atoms with Crippen LogP contribution in [0.3, 0.4) is 0 Å². The molecule has 29 heavy (non-hydrogen) atoms. The SMILES string of the molecule is O=C(c1cccc2c1-c1ccccc1C2=NNc1ccccc1)N1CCCCC1. The number of hydrazone groups is 1. The highest BCUT2D eigenvalue weighted by atomic mass is 16.2. The zero-order chi connectivity index (χ0) is 19.6. The van der Waals surface area contributed by atoms with Gasteiger partial charge in [0.05, 0.1) is 11.4 Å². The van der Waals surface area contributed by atoms with Gasteiger partial charge in [0.15, 0.2) is 0 Å². The van der Waals surface area contributed by atoms with Crippen LogP contribution in [0.4, 0.5) is 5.69 Å². The van der Waals surface area contributed by atoms with Crippen LogP contribution in [0.1, 0.15) is 40.7 Å². The monoisotopic (exact) mass is 381 g/mol. The average molecular weight is 381 g/mol. The fourth-order valence-corrected chi connectivity index (χ4v) is 4.29. The number of rotatable bonds is 3. The topological polar surface area (TPSA) is 44.7 Å². The van der Waals surface area contributed by atoms with E-state index < -0.39 is 0 Å². The van der Waals surface area contributed by atoms with Gasteiger partial charge in [-0.3, -0.25) is 10.2 Å². The van der Waals surface area contributed by atoms with Gasteiger partial charge in [-0.05, 0) is 43.0 Å². The van der Waals surface area contributed by atoms with E-state index in [1.165, 1.54) is 6.42 Å². The summed E-state index contributed by atoms with van der Waals surface area (Å²) < 4.78 is 0. The number of likely N-dealkylation sites (tertiary alicyclic amines) is 1. The Bertz CT molecular complexity index is 1080. The third kappa shape index (κ3) is 3.21. The molecule has 1 saturated heterocycles. The van der Waals surface area contributed by atoms with Crippen LogP contribution in [-0.2, 0) is 0 Å². The summed E-state index contributed by atoms with van der Waals surface area (Å²) in [6, 6.07) is 24.1. The fraction of sp³-hybridized carbons (Fsp3) is 0.200. The van der Waals surface area contributed by atoms with Crippen molar-refractivity contribution in [2.24, 2.45) is 5.10 Å². The number of benzene rings is 3. The first kappa shape index (κ1) is 17.7. The highest BCUT2D eigenvalue weighted by molar-refractivity contribution is 6.27. The van der Waals surface area contributed by atoms with Crippen LogP contribution in [-0.4, -0.2) is 29.6 Å². The van der Waals surface area contributed by atoms with Gasteiger partial charge in [0.1, 0.15) is 0 Å².